The number of methoxy groups -OCH3 is 7. The Morgan fingerprint density at radius 1 is 0.479 bits per heavy atom. The van der Waals surface area contributed by atoms with Gasteiger partial charge in [0.15, 0.2) is 0 Å². The van der Waals surface area contributed by atoms with Crippen molar-refractivity contribution in [2.45, 2.75) is 162 Å². The van der Waals surface area contributed by atoms with Crippen LogP contribution in [-0.4, -0.2) is 115 Å². The van der Waals surface area contributed by atoms with Gasteiger partial charge in [-0.2, -0.15) is 0 Å². The lowest BCUT2D eigenvalue weighted by molar-refractivity contribution is -0.117. The number of ketones is 1. The second-order valence-electron chi connectivity index (χ2n) is 19.5. The summed E-state index contributed by atoms with van der Waals surface area (Å²) in [5.74, 6) is 2.32. The molecule has 0 aromatic heterocycles. The van der Waals surface area contributed by atoms with Gasteiger partial charge in [-0.3, -0.25) is 0 Å². The lowest BCUT2D eigenvalue weighted by Gasteiger charge is -2.16. The van der Waals surface area contributed by atoms with Gasteiger partial charge in [-0.1, -0.05) is 110 Å². The summed E-state index contributed by atoms with van der Waals surface area (Å²) in [7, 11) is 12.0. The summed E-state index contributed by atoms with van der Waals surface area (Å²) in [4.78, 5) is 10.3. The highest BCUT2D eigenvalue weighted by Gasteiger charge is 2.12. The van der Waals surface area contributed by atoms with E-state index in [4.69, 9.17) is 37.9 Å². The van der Waals surface area contributed by atoms with Crippen molar-refractivity contribution in [3.05, 3.63) is 82.4 Å². The summed E-state index contributed by atoms with van der Waals surface area (Å²) in [5, 5.41) is 8.29. The molecule has 0 aliphatic carbocycles. The van der Waals surface area contributed by atoms with Gasteiger partial charge in [0, 0.05) is 102 Å². The van der Waals surface area contributed by atoms with Gasteiger partial charge < -0.3 is 42.7 Å². The predicted octanol–water partition coefficient (Wildman–Crippen LogP) is 16.7. The molecular weight excluding hydrogens is 913 g/mol. The van der Waals surface area contributed by atoms with Crippen molar-refractivity contribution in [1.82, 2.24) is 0 Å². The molecule has 0 saturated carbocycles. The lowest BCUT2D eigenvalue weighted by Crippen LogP contribution is -2.00. The molecular formula is C64H114O9. The Labute approximate surface area is 450 Å². The zero-order valence-corrected chi connectivity index (χ0v) is 51.4. The fourth-order valence-electron chi connectivity index (χ4n) is 6.62. The summed E-state index contributed by atoms with van der Waals surface area (Å²) in [6.45, 7) is 42.8. The van der Waals surface area contributed by atoms with Gasteiger partial charge in [0.1, 0.15) is 5.78 Å². The van der Waals surface area contributed by atoms with Crippen LogP contribution in [0.3, 0.4) is 0 Å². The van der Waals surface area contributed by atoms with Gasteiger partial charge in [0.25, 0.3) is 0 Å². The molecule has 1 unspecified atom stereocenters. The number of hydrogen-bond acceptors (Lipinski definition) is 9. The van der Waals surface area contributed by atoms with E-state index in [9.17, 15) is 4.79 Å². The molecule has 9 nitrogen and oxygen atoms in total. The summed E-state index contributed by atoms with van der Waals surface area (Å²) in [6, 6.07) is 14.2. The first kappa shape index (κ1) is 76.3. The number of ether oxygens (including phenoxy) is 8. The zero-order chi connectivity index (χ0) is 56.6. The Balaban J connectivity index is -0.000000410. The minimum Gasteiger partial charge on any atom is -0.385 e. The zero-order valence-electron chi connectivity index (χ0n) is 51.4. The Kier molecular flexibility index (Phi) is 54.5. The highest BCUT2D eigenvalue weighted by atomic mass is 16.5. The average molecular weight is 1030 g/mol. The third kappa shape index (κ3) is 41.7. The molecule has 0 aliphatic heterocycles. The van der Waals surface area contributed by atoms with Crippen LogP contribution in [0.4, 0.5) is 0 Å². The van der Waals surface area contributed by atoms with E-state index in [1.165, 1.54) is 97.8 Å². The molecule has 0 spiro atoms. The summed E-state index contributed by atoms with van der Waals surface area (Å²) in [5.41, 5.74) is 8.20. The number of aryl methyl sites for hydroxylation is 6. The smallest absolute Gasteiger partial charge is 0.130 e. The SMILES string of the molecule is C=CCCCOC.CC(=O)CC(C)C.CCC(C)COC.CCCCCOC.CCOCCOC.COCCC(C)C.COCCCOC.Cc1cc2c3cc(C)c(C)cc3c3cc(C)c(C)cc3c2cc1C. The van der Waals surface area contributed by atoms with Crippen LogP contribution in [0.2, 0.25) is 0 Å². The third-order valence-corrected chi connectivity index (χ3v) is 11.6. The van der Waals surface area contributed by atoms with Crippen molar-refractivity contribution < 1.29 is 42.7 Å². The van der Waals surface area contributed by atoms with Crippen molar-refractivity contribution >= 4 is 38.1 Å². The Morgan fingerprint density at radius 3 is 1.05 bits per heavy atom. The van der Waals surface area contributed by atoms with Crippen molar-refractivity contribution in [3.8, 4) is 0 Å². The Morgan fingerprint density at radius 2 is 0.836 bits per heavy atom. The standard InChI is InChI=1S/C24H24.C6H14O.C6H12O.2C6H14O.C6H12O.2C5H12O2/c1-13-7-19-20(8-14(13)2)22-10-16(4)18(6)12-24(22)23-11-17(5)15(3)9-21(19)23;1-6(2)4-5-7-3;1-5(2)4-6(3)7;1-4-6(2)5-7-3;2*1-3-4-5-6-7-2;1-6-4-3-5-7-2;1-3-7-5-4-6-2/h7-12H,1-6H3;6H,4-5H2,1-3H3;5H,4H2,1-3H3;6H,4-5H2,1-3H3;3-6H2,1-2H3;3H,1,4-6H2,2H3;2*3-5H2,1-2H3. The van der Waals surface area contributed by atoms with Crippen LogP contribution >= 0.6 is 0 Å². The number of allylic oxidation sites excluding steroid dienone is 1. The summed E-state index contributed by atoms with van der Waals surface area (Å²) < 4.78 is 38.6. The molecule has 9 heteroatoms. The highest BCUT2D eigenvalue weighted by molar-refractivity contribution is 6.26. The molecule has 0 amide bonds. The van der Waals surface area contributed by atoms with Crippen molar-refractivity contribution in [3.63, 3.8) is 0 Å². The molecule has 1 atom stereocenters. The first-order valence-electron chi connectivity index (χ1n) is 27.2. The van der Waals surface area contributed by atoms with Crippen LogP contribution in [0.5, 0.6) is 0 Å². The monoisotopic (exact) mass is 1030 g/mol. The van der Waals surface area contributed by atoms with Gasteiger partial charge in [-0.25, -0.2) is 0 Å². The molecule has 4 rings (SSSR count). The van der Waals surface area contributed by atoms with E-state index in [2.05, 4.69) is 119 Å². The first-order chi connectivity index (χ1) is 34.7. The number of rotatable bonds is 24. The maximum absolute atomic E-state index is 10.3. The van der Waals surface area contributed by atoms with E-state index >= 15 is 0 Å². The van der Waals surface area contributed by atoms with Crippen molar-refractivity contribution in [2.75, 3.05) is 109 Å². The third-order valence-electron chi connectivity index (χ3n) is 11.6. The van der Waals surface area contributed by atoms with Gasteiger partial charge in [-0.05, 0) is 171 Å². The topological polar surface area (TPSA) is 90.9 Å². The number of benzene rings is 4. The fraction of sp³-hybridized carbons (Fsp3) is 0.672. The van der Waals surface area contributed by atoms with Crippen LogP contribution in [0.25, 0.3) is 32.3 Å². The predicted molar refractivity (Wildman–Crippen MR) is 320 cm³/mol. The van der Waals surface area contributed by atoms with E-state index < -0.39 is 0 Å². The van der Waals surface area contributed by atoms with Gasteiger partial charge in [0.05, 0.1) is 13.2 Å². The molecule has 0 bridgehead atoms. The maximum atomic E-state index is 10.3. The molecule has 0 aliphatic rings. The molecule has 73 heavy (non-hydrogen) atoms. The molecule has 0 N–H and O–H groups in total. The second-order valence-corrected chi connectivity index (χ2v) is 19.5. The Hall–Kier alpha value is -3.25. The van der Waals surface area contributed by atoms with E-state index in [0.717, 1.165) is 83.8 Å². The van der Waals surface area contributed by atoms with Crippen LogP contribution < -0.4 is 0 Å². The lowest BCUT2D eigenvalue weighted by atomic mass is 9.88. The highest BCUT2D eigenvalue weighted by Crippen LogP contribution is 2.38. The van der Waals surface area contributed by atoms with Crippen LogP contribution in [0.15, 0.2) is 49.1 Å². The van der Waals surface area contributed by atoms with E-state index in [1.54, 1.807) is 56.7 Å². The van der Waals surface area contributed by atoms with Crippen LogP contribution in [-0.2, 0) is 42.7 Å². The molecule has 4 aromatic carbocycles. The van der Waals surface area contributed by atoms with Gasteiger partial charge >= 0.3 is 0 Å². The summed E-state index contributed by atoms with van der Waals surface area (Å²) in [6.07, 6.45) is 12.0. The van der Waals surface area contributed by atoms with E-state index in [1.807, 2.05) is 26.8 Å². The van der Waals surface area contributed by atoms with Gasteiger partial charge in [0.2, 0.25) is 0 Å². The molecule has 424 valence electrons. The van der Waals surface area contributed by atoms with E-state index in [0.29, 0.717) is 19.1 Å². The normalized spacial score (nSPS) is 10.7. The molecule has 0 fully saturated rings. The molecule has 4 aromatic rings. The minimum absolute atomic E-state index is 0.287. The van der Waals surface area contributed by atoms with Crippen LogP contribution in [0.1, 0.15) is 153 Å². The molecule has 0 radical (unpaired) electrons. The number of Topliss-reactive ketones (excluding diaryl/α,β-unsaturated/α-hetero) is 1. The van der Waals surface area contributed by atoms with E-state index in [-0.39, 0.29) is 5.78 Å². The number of fused-ring (bicyclic) bond motifs is 6. The Bertz CT molecular complexity index is 1600. The minimum atomic E-state index is 0.287. The second kappa shape index (κ2) is 52.2. The summed E-state index contributed by atoms with van der Waals surface area (Å²) >= 11 is 0. The fourth-order valence-corrected chi connectivity index (χ4v) is 6.62. The van der Waals surface area contributed by atoms with Crippen LogP contribution in [0, 0.1) is 59.3 Å². The maximum Gasteiger partial charge on any atom is 0.130 e. The van der Waals surface area contributed by atoms with Crippen molar-refractivity contribution in [2.24, 2.45) is 17.8 Å². The number of carbonyl (C=O) groups excluding carboxylic acids is 1. The van der Waals surface area contributed by atoms with Gasteiger partial charge in [-0.15, -0.1) is 6.58 Å². The number of carbonyl (C=O) groups is 1. The molecule has 0 heterocycles. The van der Waals surface area contributed by atoms with Crippen molar-refractivity contribution in [1.29, 1.82) is 0 Å². The number of hydrogen-bond donors (Lipinski definition) is 0. The number of unbranched alkanes of at least 4 members (excludes halogenated alkanes) is 3. The first-order valence-corrected chi connectivity index (χ1v) is 27.2. The average Bonchev–Trinajstić information content (AvgIpc) is 3.34. The largest absolute Gasteiger partial charge is 0.385 e. The quantitative estimate of drug-likeness (QED) is 0.0387. The molecule has 0 saturated heterocycles.